The van der Waals surface area contributed by atoms with Crippen molar-refractivity contribution >= 4 is 0 Å². The molecule has 156 valence electrons. The van der Waals surface area contributed by atoms with Crippen LogP contribution in [-0.4, -0.2) is 33.1 Å². The van der Waals surface area contributed by atoms with Crippen molar-refractivity contribution in [3.63, 3.8) is 0 Å². The zero-order valence-corrected chi connectivity index (χ0v) is 19.6. The topological polar surface area (TPSA) is 60.7 Å². The van der Waals surface area contributed by atoms with E-state index in [0.717, 1.165) is 19.3 Å². The molecule has 3 nitrogen and oxygen atoms in total. The Balaban J connectivity index is -0.000000291. The van der Waals surface area contributed by atoms with Gasteiger partial charge in [-0.1, -0.05) is 62.3 Å². The van der Waals surface area contributed by atoms with Crippen molar-refractivity contribution in [2.75, 3.05) is 0 Å². The van der Waals surface area contributed by atoms with Crippen molar-refractivity contribution in [2.45, 2.75) is 127 Å². The van der Waals surface area contributed by atoms with E-state index in [-0.39, 0.29) is 28.5 Å². The molecule has 0 heterocycles. The summed E-state index contributed by atoms with van der Waals surface area (Å²) in [6.45, 7) is 26.5. The van der Waals surface area contributed by atoms with E-state index in [0.29, 0.717) is 0 Å². The molecule has 25 heavy (non-hydrogen) atoms. The van der Waals surface area contributed by atoms with Crippen molar-refractivity contribution in [1.82, 2.24) is 0 Å². The number of rotatable bonds is 3. The minimum Gasteiger partial charge on any atom is -0.393 e. The third kappa shape index (κ3) is 45.3. The van der Waals surface area contributed by atoms with Gasteiger partial charge in [0.25, 0.3) is 0 Å². The van der Waals surface area contributed by atoms with E-state index < -0.39 is 5.60 Å². The van der Waals surface area contributed by atoms with Crippen LogP contribution in [0.4, 0.5) is 0 Å². The molecule has 0 aliphatic heterocycles. The summed E-state index contributed by atoms with van der Waals surface area (Å²) in [6.07, 6.45) is 2.30. The van der Waals surface area contributed by atoms with E-state index in [1.54, 1.807) is 0 Å². The fourth-order valence-corrected chi connectivity index (χ4v) is 3.07. The summed E-state index contributed by atoms with van der Waals surface area (Å²) in [4.78, 5) is 0. The van der Waals surface area contributed by atoms with Gasteiger partial charge in [-0.15, -0.1) is 0 Å². The summed E-state index contributed by atoms with van der Waals surface area (Å²) in [5.74, 6) is 0. The van der Waals surface area contributed by atoms with Crippen LogP contribution in [0.2, 0.25) is 0 Å². The summed E-state index contributed by atoms with van der Waals surface area (Å²) in [5, 5.41) is 27.1. The highest BCUT2D eigenvalue weighted by atomic mass is 16.3. The van der Waals surface area contributed by atoms with Crippen molar-refractivity contribution in [1.29, 1.82) is 0 Å². The summed E-state index contributed by atoms with van der Waals surface area (Å²) >= 11 is 0. The molecular formula is C22H50O3. The first-order valence-corrected chi connectivity index (χ1v) is 9.63. The molecule has 0 amide bonds. The number of hydrogen-bond donors (Lipinski definition) is 3. The van der Waals surface area contributed by atoms with Gasteiger partial charge >= 0.3 is 0 Å². The number of aliphatic hydroxyl groups excluding tert-OH is 2. The standard InChI is InChI=1S/C8H18O.2C7H16O/c1-7(2,3)6-8(4,5)9;2*1-6(8)5-7(2,3)4/h9H,6H2,1-5H3;2*6,8H,5H2,1-4H3/t;2*6-/m.10/s1. The number of aliphatic hydroxyl groups is 3. The Labute approximate surface area is 159 Å². The van der Waals surface area contributed by atoms with Crippen molar-refractivity contribution in [2.24, 2.45) is 16.2 Å². The molecule has 0 aromatic heterocycles. The molecule has 0 saturated carbocycles. The molecular weight excluding hydrogens is 312 g/mol. The van der Waals surface area contributed by atoms with Gasteiger partial charge in [-0.25, -0.2) is 0 Å². The van der Waals surface area contributed by atoms with Crippen molar-refractivity contribution < 1.29 is 15.3 Å². The second-order valence-corrected chi connectivity index (χ2v) is 11.8. The normalized spacial score (nSPS) is 15.4. The van der Waals surface area contributed by atoms with Gasteiger partial charge in [-0.2, -0.15) is 0 Å². The fraction of sp³-hybridized carbons (Fsp3) is 1.00. The monoisotopic (exact) mass is 362 g/mol. The first kappa shape index (κ1) is 29.6. The van der Waals surface area contributed by atoms with E-state index in [4.69, 9.17) is 10.2 Å². The second kappa shape index (κ2) is 11.6. The SMILES string of the molecule is CC(C)(C)CC(C)(C)O.C[C@@H](O)CC(C)(C)C.C[C@H](O)CC(C)(C)C. The quantitative estimate of drug-likeness (QED) is 0.594. The first-order valence-electron chi connectivity index (χ1n) is 9.63. The lowest BCUT2D eigenvalue weighted by atomic mass is 9.84. The van der Waals surface area contributed by atoms with E-state index in [1.807, 2.05) is 27.7 Å². The molecule has 0 unspecified atom stereocenters. The van der Waals surface area contributed by atoms with Gasteiger partial charge in [-0.05, 0) is 63.2 Å². The molecule has 0 aromatic rings. The largest absolute Gasteiger partial charge is 0.393 e. The average Bonchev–Trinajstić information content (AvgIpc) is 2.01. The Morgan fingerprint density at radius 1 is 0.560 bits per heavy atom. The minimum atomic E-state index is -0.516. The number of hydrogen-bond acceptors (Lipinski definition) is 3. The smallest absolute Gasteiger partial charge is 0.0596 e. The van der Waals surface area contributed by atoms with Crippen LogP contribution < -0.4 is 0 Å². The molecule has 3 heteroatoms. The molecule has 0 rings (SSSR count). The van der Waals surface area contributed by atoms with E-state index >= 15 is 0 Å². The lowest BCUT2D eigenvalue weighted by Crippen LogP contribution is -2.25. The van der Waals surface area contributed by atoms with Crippen LogP contribution in [0.1, 0.15) is 109 Å². The summed E-state index contributed by atoms with van der Waals surface area (Å²) in [5.41, 5.74) is 0.263. The van der Waals surface area contributed by atoms with E-state index in [9.17, 15) is 5.11 Å². The second-order valence-electron chi connectivity index (χ2n) is 11.8. The third-order valence-corrected chi connectivity index (χ3v) is 2.78. The molecule has 2 atom stereocenters. The lowest BCUT2D eigenvalue weighted by molar-refractivity contribution is 0.0371. The predicted molar refractivity (Wildman–Crippen MR) is 112 cm³/mol. The molecule has 0 aliphatic carbocycles. The highest BCUT2D eigenvalue weighted by Gasteiger charge is 2.21. The molecule has 0 bridgehead atoms. The Bertz CT molecular complexity index is 272. The molecule has 0 aliphatic rings. The molecule has 0 saturated heterocycles. The summed E-state index contributed by atoms with van der Waals surface area (Å²) in [7, 11) is 0. The first-order chi connectivity index (χ1) is 10.5. The predicted octanol–water partition coefficient (Wildman–Crippen LogP) is 5.80. The highest BCUT2D eigenvalue weighted by Crippen LogP contribution is 2.26. The molecule has 0 aromatic carbocycles. The summed E-state index contributed by atoms with van der Waals surface area (Å²) < 4.78 is 0. The van der Waals surface area contributed by atoms with Gasteiger partial charge < -0.3 is 15.3 Å². The van der Waals surface area contributed by atoms with Gasteiger partial charge in [0.05, 0.1) is 17.8 Å². The molecule has 0 spiro atoms. The van der Waals surface area contributed by atoms with Crippen LogP contribution in [0.5, 0.6) is 0 Å². The third-order valence-electron chi connectivity index (χ3n) is 2.78. The van der Waals surface area contributed by atoms with Crippen LogP contribution in [0.15, 0.2) is 0 Å². The van der Waals surface area contributed by atoms with Crippen LogP contribution >= 0.6 is 0 Å². The molecule has 0 fully saturated rings. The van der Waals surface area contributed by atoms with Crippen LogP contribution in [0.3, 0.4) is 0 Å². The van der Waals surface area contributed by atoms with Crippen LogP contribution in [0, 0.1) is 16.2 Å². The van der Waals surface area contributed by atoms with Crippen LogP contribution in [0.25, 0.3) is 0 Å². The van der Waals surface area contributed by atoms with Gasteiger partial charge in [0.15, 0.2) is 0 Å². The van der Waals surface area contributed by atoms with E-state index in [1.165, 1.54) is 0 Å². The highest BCUT2D eigenvalue weighted by molar-refractivity contribution is 4.74. The van der Waals surface area contributed by atoms with Crippen molar-refractivity contribution in [3.05, 3.63) is 0 Å². The van der Waals surface area contributed by atoms with Gasteiger partial charge in [0.1, 0.15) is 0 Å². The molecule has 3 N–H and O–H groups in total. The Morgan fingerprint density at radius 2 is 0.800 bits per heavy atom. The van der Waals surface area contributed by atoms with E-state index in [2.05, 4.69) is 62.3 Å². The van der Waals surface area contributed by atoms with Crippen LogP contribution in [-0.2, 0) is 0 Å². The molecule has 0 radical (unpaired) electrons. The van der Waals surface area contributed by atoms with Gasteiger partial charge in [0, 0.05) is 0 Å². The van der Waals surface area contributed by atoms with Crippen molar-refractivity contribution in [3.8, 4) is 0 Å². The van der Waals surface area contributed by atoms with Gasteiger partial charge in [-0.3, -0.25) is 0 Å². The lowest BCUT2D eigenvalue weighted by Gasteiger charge is -2.27. The summed E-state index contributed by atoms with van der Waals surface area (Å²) in [6, 6.07) is 0. The average molecular weight is 363 g/mol. The maximum absolute atomic E-state index is 9.35. The fourth-order valence-electron chi connectivity index (χ4n) is 3.07. The Kier molecular flexibility index (Phi) is 13.7. The van der Waals surface area contributed by atoms with Gasteiger partial charge in [0.2, 0.25) is 0 Å². The maximum Gasteiger partial charge on any atom is 0.0596 e. The Hall–Kier alpha value is -0.120. The zero-order valence-electron chi connectivity index (χ0n) is 19.6. The Morgan fingerprint density at radius 3 is 0.800 bits per heavy atom. The zero-order chi connectivity index (χ0) is 21.3. The maximum atomic E-state index is 9.35. The minimum absolute atomic E-state index is 0.157.